The van der Waals surface area contributed by atoms with E-state index in [4.69, 9.17) is 10.2 Å². The number of hydrogen-bond donors (Lipinski definition) is 5. The minimum atomic E-state index is -4.53. The van der Waals surface area contributed by atoms with E-state index in [9.17, 15) is 22.6 Å². The van der Waals surface area contributed by atoms with Gasteiger partial charge < -0.3 is 20.8 Å². The molecule has 0 saturated heterocycles. The van der Waals surface area contributed by atoms with Crippen LogP contribution in [-0.4, -0.2) is 66.2 Å². The first-order valence-corrected chi connectivity index (χ1v) is 9.09. The van der Waals surface area contributed by atoms with Crippen molar-refractivity contribution in [2.45, 2.75) is 11.4 Å². The minimum absolute atomic E-state index is 0.0732. The lowest BCUT2D eigenvalue weighted by atomic mass is 10.2. The zero-order chi connectivity index (χ0) is 19.3. The Labute approximate surface area is 149 Å². The first kappa shape index (κ1) is 20.0. The van der Waals surface area contributed by atoms with Gasteiger partial charge in [0, 0.05) is 24.9 Å². The maximum absolute atomic E-state index is 12.1. The molecule has 1 heterocycles. The van der Waals surface area contributed by atoms with E-state index in [-0.39, 0.29) is 54.7 Å². The van der Waals surface area contributed by atoms with Crippen molar-refractivity contribution in [2.75, 3.05) is 31.6 Å². The van der Waals surface area contributed by atoms with Gasteiger partial charge in [0.1, 0.15) is 10.6 Å². The van der Waals surface area contributed by atoms with E-state index in [2.05, 4.69) is 10.6 Å². The Morgan fingerprint density at radius 1 is 1.12 bits per heavy atom. The Morgan fingerprint density at radius 2 is 1.85 bits per heavy atom. The van der Waals surface area contributed by atoms with E-state index in [0.29, 0.717) is 0 Å². The van der Waals surface area contributed by atoms with E-state index >= 15 is 0 Å². The van der Waals surface area contributed by atoms with Crippen LogP contribution in [0.25, 0.3) is 0 Å². The van der Waals surface area contributed by atoms with Crippen molar-refractivity contribution in [2.24, 2.45) is 0 Å². The summed E-state index contributed by atoms with van der Waals surface area (Å²) in [6.07, 6.45) is 1.04. The van der Waals surface area contributed by atoms with E-state index in [1.54, 1.807) is 0 Å². The molecule has 1 aliphatic rings. The third-order valence-corrected chi connectivity index (χ3v) is 4.50. The first-order valence-electron chi connectivity index (χ1n) is 7.65. The third kappa shape index (κ3) is 4.65. The normalized spacial score (nSPS) is 14.7. The molecule has 2 amide bonds. The highest BCUT2D eigenvalue weighted by molar-refractivity contribution is 7.85. The number of aliphatic hydroxyl groups excluding tert-OH is 2. The molecule has 0 fully saturated rings. The smallest absolute Gasteiger partial charge is 0.294 e. The van der Waals surface area contributed by atoms with Gasteiger partial charge in [-0.1, -0.05) is 6.07 Å². The van der Waals surface area contributed by atoms with Crippen molar-refractivity contribution in [3.8, 4) is 0 Å². The van der Waals surface area contributed by atoms with Gasteiger partial charge in [-0.05, 0) is 17.7 Å². The Bertz CT molecular complexity index is 836. The van der Waals surface area contributed by atoms with Gasteiger partial charge in [-0.2, -0.15) is 8.42 Å². The number of carbonyl (C=O) groups is 2. The number of benzene rings is 1. The molecule has 0 radical (unpaired) electrons. The van der Waals surface area contributed by atoms with Gasteiger partial charge >= 0.3 is 0 Å². The van der Waals surface area contributed by atoms with Crippen LogP contribution in [0.15, 0.2) is 34.9 Å². The summed E-state index contributed by atoms with van der Waals surface area (Å²) in [6, 6.07) is 4.06. The van der Waals surface area contributed by atoms with Crippen molar-refractivity contribution < 1.29 is 32.8 Å². The quantitative estimate of drug-likeness (QED) is 0.197. The summed E-state index contributed by atoms with van der Waals surface area (Å²) in [5.74, 6) is -1.24. The van der Waals surface area contributed by atoms with Crippen LogP contribution in [0.2, 0.25) is 0 Å². The maximum atomic E-state index is 12.1. The van der Waals surface area contributed by atoms with Crippen LogP contribution >= 0.6 is 0 Å². The second-order valence-corrected chi connectivity index (χ2v) is 6.79. The molecule has 5 N–H and O–H groups in total. The van der Waals surface area contributed by atoms with E-state index < -0.39 is 21.9 Å². The number of imide groups is 1. The van der Waals surface area contributed by atoms with Crippen LogP contribution in [0.1, 0.15) is 5.56 Å². The standard InChI is InChI=1S/C15H19N3O7S/c19-5-3-16-9-10-1-2-11(7-13(10)26(23,24)25)17-12-8-14(21)18(4-6-20)15(12)22/h1-2,7-8,16-17,19-20H,3-6,9H2,(H,23,24,25). The van der Waals surface area contributed by atoms with Crippen LogP contribution in [-0.2, 0) is 26.3 Å². The molecule has 0 saturated carbocycles. The summed E-state index contributed by atoms with van der Waals surface area (Å²) in [6.45, 7) is -0.308. The van der Waals surface area contributed by atoms with Crippen LogP contribution in [0.3, 0.4) is 0 Å². The Kier molecular flexibility index (Phi) is 6.45. The second kappa shape index (κ2) is 8.38. The summed E-state index contributed by atoms with van der Waals surface area (Å²) in [4.78, 5) is 24.3. The van der Waals surface area contributed by atoms with Crippen molar-refractivity contribution in [3.63, 3.8) is 0 Å². The molecule has 142 valence electrons. The second-order valence-electron chi connectivity index (χ2n) is 5.40. The fourth-order valence-electron chi connectivity index (χ4n) is 2.39. The molecule has 0 aliphatic carbocycles. The minimum Gasteiger partial charge on any atom is -0.395 e. The Hall–Kier alpha value is -2.31. The number of rotatable bonds is 9. The summed E-state index contributed by atoms with van der Waals surface area (Å²) in [7, 11) is -4.53. The number of carbonyl (C=O) groups excluding carboxylic acids is 2. The summed E-state index contributed by atoms with van der Waals surface area (Å²) < 4.78 is 32.6. The lowest BCUT2D eigenvalue weighted by molar-refractivity contribution is -0.137. The fraction of sp³-hybridized carbons (Fsp3) is 0.333. The van der Waals surface area contributed by atoms with Crippen LogP contribution in [0, 0.1) is 0 Å². The van der Waals surface area contributed by atoms with Crippen molar-refractivity contribution in [3.05, 3.63) is 35.5 Å². The van der Waals surface area contributed by atoms with Crippen LogP contribution in [0.5, 0.6) is 0 Å². The van der Waals surface area contributed by atoms with Gasteiger partial charge in [0.15, 0.2) is 0 Å². The molecule has 0 atom stereocenters. The average Bonchev–Trinajstić information content (AvgIpc) is 2.83. The van der Waals surface area contributed by atoms with Gasteiger partial charge in [0.05, 0.1) is 19.8 Å². The molecule has 0 spiro atoms. The van der Waals surface area contributed by atoms with Gasteiger partial charge in [0.2, 0.25) is 0 Å². The number of β-amino-alcohol motifs (C(OH)–C–C–N with tert-alkyl or cyclic N) is 1. The van der Waals surface area contributed by atoms with Gasteiger partial charge in [0.25, 0.3) is 21.9 Å². The molecule has 1 aromatic rings. The lowest BCUT2D eigenvalue weighted by Gasteiger charge is -2.14. The van der Waals surface area contributed by atoms with Gasteiger partial charge in [-0.3, -0.25) is 19.0 Å². The SMILES string of the molecule is O=C1C=C(Nc2ccc(CNCCO)c(S(=O)(=O)O)c2)C(=O)N1CCO. The molecule has 0 bridgehead atoms. The van der Waals surface area contributed by atoms with Crippen molar-refractivity contribution in [1.29, 1.82) is 0 Å². The maximum Gasteiger partial charge on any atom is 0.294 e. The lowest BCUT2D eigenvalue weighted by Crippen LogP contribution is -2.34. The molecule has 2 rings (SSSR count). The summed E-state index contributed by atoms with van der Waals surface area (Å²) in [5.41, 5.74) is 0.383. The van der Waals surface area contributed by atoms with E-state index in [1.165, 1.54) is 12.1 Å². The molecule has 10 nitrogen and oxygen atoms in total. The summed E-state index contributed by atoms with van der Waals surface area (Å²) >= 11 is 0. The third-order valence-electron chi connectivity index (χ3n) is 3.56. The largest absolute Gasteiger partial charge is 0.395 e. The molecule has 1 aliphatic heterocycles. The number of anilines is 1. The topological polar surface area (TPSA) is 156 Å². The zero-order valence-electron chi connectivity index (χ0n) is 13.7. The highest BCUT2D eigenvalue weighted by Crippen LogP contribution is 2.23. The molecule has 1 aromatic carbocycles. The first-order chi connectivity index (χ1) is 12.3. The number of hydrogen-bond acceptors (Lipinski definition) is 8. The van der Waals surface area contributed by atoms with Gasteiger partial charge in [-0.15, -0.1) is 0 Å². The number of aliphatic hydroxyl groups is 2. The molecular formula is C15H19N3O7S. The number of amides is 2. The highest BCUT2D eigenvalue weighted by atomic mass is 32.2. The number of nitrogens with one attached hydrogen (secondary N) is 2. The molecule has 0 unspecified atom stereocenters. The average molecular weight is 385 g/mol. The monoisotopic (exact) mass is 385 g/mol. The van der Waals surface area contributed by atoms with Crippen molar-refractivity contribution in [1.82, 2.24) is 10.2 Å². The van der Waals surface area contributed by atoms with Gasteiger partial charge in [-0.25, -0.2) is 0 Å². The van der Waals surface area contributed by atoms with Crippen molar-refractivity contribution >= 4 is 27.6 Å². The summed E-state index contributed by atoms with van der Waals surface area (Å²) in [5, 5.41) is 23.1. The molecule has 11 heteroatoms. The van der Waals surface area contributed by atoms with E-state index in [1.807, 2.05) is 0 Å². The Balaban J connectivity index is 2.24. The van der Waals surface area contributed by atoms with Crippen LogP contribution < -0.4 is 10.6 Å². The number of nitrogens with zero attached hydrogens (tertiary/aromatic N) is 1. The highest BCUT2D eigenvalue weighted by Gasteiger charge is 2.30. The van der Waals surface area contributed by atoms with E-state index in [0.717, 1.165) is 17.0 Å². The fourth-order valence-corrected chi connectivity index (χ4v) is 3.13. The predicted molar refractivity (Wildman–Crippen MR) is 90.6 cm³/mol. The Morgan fingerprint density at radius 3 is 2.46 bits per heavy atom. The zero-order valence-corrected chi connectivity index (χ0v) is 14.5. The molecular weight excluding hydrogens is 366 g/mol. The van der Waals surface area contributed by atoms with Crippen LogP contribution in [0.4, 0.5) is 5.69 Å². The molecule has 26 heavy (non-hydrogen) atoms. The molecule has 0 aromatic heterocycles. The predicted octanol–water partition coefficient (Wildman–Crippen LogP) is -1.33.